The van der Waals surface area contributed by atoms with Crippen molar-refractivity contribution in [2.45, 2.75) is 0 Å². The molecule has 0 aliphatic heterocycles. The van der Waals surface area contributed by atoms with Crippen LogP contribution in [-0.4, -0.2) is 12.1 Å². The molecule has 0 spiro atoms. The molecule has 1 N–H and O–H groups in total. The number of hydrogen-bond acceptors (Lipinski definition) is 3. The van der Waals surface area contributed by atoms with Crippen LogP contribution in [0, 0.1) is 3.57 Å². The monoisotopic (exact) mass is 442 g/mol. The predicted octanol–water partition coefficient (Wildman–Crippen LogP) is 4.85. The zero-order chi connectivity index (χ0) is 17.5. The number of nitrogens with one attached hydrogen (secondary N) is 1. The van der Waals surface area contributed by atoms with Crippen LogP contribution in [0.15, 0.2) is 84.0 Å². The van der Waals surface area contributed by atoms with Crippen molar-refractivity contribution in [3.63, 3.8) is 0 Å². The summed E-state index contributed by atoms with van der Waals surface area (Å²) in [6, 6.07) is 24.4. The van der Waals surface area contributed by atoms with Gasteiger partial charge in [-0.2, -0.15) is 5.10 Å². The van der Waals surface area contributed by atoms with Crippen LogP contribution in [-0.2, 0) is 0 Å². The number of nitrogens with zero attached hydrogens (tertiary/aromatic N) is 1. The molecular weight excluding hydrogens is 427 g/mol. The van der Waals surface area contributed by atoms with Crippen molar-refractivity contribution in [2.75, 3.05) is 0 Å². The first-order valence-corrected chi connectivity index (χ1v) is 8.70. The summed E-state index contributed by atoms with van der Waals surface area (Å²) >= 11 is 2.17. The standard InChI is InChI=1S/C20H15IN2O2/c21-17-8-5-7-16(13-17)20(24)23-22-14-15-6-4-11-19(12-15)25-18-9-2-1-3-10-18/h1-14H,(H,23,24)/b22-14-. The van der Waals surface area contributed by atoms with Crippen LogP contribution >= 0.6 is 22.6 Å². The normalized spacial score (nSPS) is 10.6. The molecule has 25 heavy (non-hydrogen) atoms. The van der Waals surface area contributed by atoms with E-state index in [1.807, 2.05) is 66.7 Å². The van der Waals surface area contributed by atoms with Crippen molar-refractivity contribution in [1.82, 2.24) is 5.43 Å². The lowest BCUT2D eigenvalue weighted by molar-refractivity contribution is 0.0955. The largest absolute Gasteiger partial charge is 0.457 e. The van der Waals surface area contributed by atoms with E-state index < -0.39 is 0 Å². The summed E-state index contributed by atoms with van der Waals surface area (Å²) in [5, 5.41) is 4.01. The summed E-state index contributed by atoms with van der Waals surface area (Å²) in [4.78, 5) is 12.0. The number of ether oxygens (including phenoxy) is 1. The Kier molecular flexibility index (Phi) is 5.79. The number of hydrogen-bond donors (Lipinski definition) is 1. The Hall–Kier alpha value is -2.67. The molecule has 4 nitrogen and oxygen atoms in total. The van der Waals surface area contributed by atoms with Crippen LogP contribution in [0.5, 0.6) is 11.5 Å². The number of halogens is 1. The second kappa shape index (κ2) is 8.43. The van der Waals surface area contributed by atoms with Crippen molar-refractivity contribution in [1.29, 1.82) is 0 Å². The van der Waals surface area contributed by atoms with Crippen LogP contribution < -0.4 is 10.2 Å². The van der Waals surface area contributed by atoms with E-state index in [0.717, 1.165) is 14.9 Å². The highest BCUT2D eigenvalue weighted by Gasteiger charge is 2.04. The Morgan fingerprint density at radius 2 is 1.68 bits per heavy atom. The number of benzene rings is 3. The summed E-state index contributed by atoms with van der Waals surface area (Å²) in [6.07, 6.45) is 1.59. The molecule has 0 unspecified atom stereocenters. The zero-order valence-corrected chi connectivity index (χ0v) is 15.4. The molecule has 5 heteroatoms. The summed E-state index contributed by atoms with van der Waals surface area (Å²) in [5.41, 5.74) is 3.93. The fourth-order valence-electron chi connectivity index (χ4n) is 2.14. The second-order valence-corrected chi connectivity index (χ2v) is 6.44. The van der Waals surface area contributed by atoms with E-state index in [2.05, 4.69) is 33.1 Å². The van der Waals surface area contributed by atoms with Gasteiger partial charge in [-0.05, 0) is 70.6 Å². The van der Waals surface area contributed by atoms with E-state index in [9.17, 15) is 4.79 Å². The fraction of sp³-hybridized carbons (Fsp3) is 0. The number of para-hydroxylation sites is 1. The molecule has 124 valence electrons. The summed E-state index contributed by atoms with van der Waals surface area (Å²) in [7, 11) is 0. The van der Waals surface area contributed by atoms with Gasteiger partial charge in [0.15, 0.2) is 0 Å². The van der Waals surface area contributed by atoms with Crippen molar-refractivity contribution in [2.24, 2.45) is 5.10 Å². The third kappa shape index (κ3) is 5.15. The molecule has 0 aliphatic rings. The maximum absolute atomic E-state index is 12.0. The Balaban J connectivity index is 1.63. The van der Waals surface area contributed by atoms with E-state index in [4.69, 9.17) is 4.74 Å². The molecule has 0 bridgehead atoms. The first kappa shape index (κ1) is 17.2. The maximum Gasteiger partial charge on any atom is 0.271 e. The molecule has 0 fully saturated rings. The molecular formula is C20H15IN2O2. The van der Waals surface area contributed by atoms with Gasteiger partial charge in [0.1, 0.15) is 11.5 Å². The van der Waals surface area contributed by atoms with Crippen molar-refractivity contribution in [3.8, 4) is 11.5 Å². The molecule has 0 saturated heterocycles. The lowest BCUT2D eigenvalue weighted by atomic mass is 10.2. The van der Waals surface area contributed by atoms with Crippen LogP contribution in [0.3, 0.4) is 0 Å². The number of carbonyl (C=O) groups excluding carboxylic acids is 1. The third-order valence-electron chi connectivity index (χ3n) is 3.30. The van der Waals surface area contributed by atoms with Crippen LogP contribution in [0.2, 0.25) is 0 Å². The summed E-state index contributed by atoms with van der Waals surface area (Å²) in [5.74, 6) is 1.23. The SMILES string of the molecule is O=C(N/N=C\c1cccc(Oc2ccccc2)c1)c1cccc(I)c1. The second-order valence-electron chi connectivity index (χ2n) is 5.20. The number of hydrazone groups is 1. The molecule has 0 aromatic heterocycles. The van der Waals surface area contributed by atoms with Crippen LogP contribution in [0.4, 0.5) is 0 Å². The number of carbonyl (C=O) groups is 1. The number of amides is 1. The summed E-state index contributed by atoms with van der Waals surface area (Å²) in [6.45, 7) is 0. The third-order valence-corrected chi connectivity index (χ3v) is 3.97. The summed E-state index contributed by atoms with van der Waals surface area (Å²) < 4.78 is 6.78. The van der Waals surface area contributed by atoms with E-state index in [0.29, 0.717) is 11.3 Å². The fourth-order valence-corrected chi connectivity index (χ4v) is 2.69. The smallest absolute Gasteiger partial charge is 0.271 e. The van der Waals surface area contributed by atoms with Gasteiger partial charge < -0.3 is 4.74 Å². The topological polar surface area (TPSA) is 50.7 Å². The zero-order valence-electron chi connectivity index (χ0n) is 13.2. The highest BCUT2D eigenvalue weighted by Crippen LogP contribution is 2.21. The minimum absolute atomic E-state index is 0.244. The molecule has 0 atom stereocenters. The molecule has 0 heterocycles. The molecule has 1 amide bonds. The highest BCUT2D eigenvalue weighted by atomic mass is 127. The Morgan fingerprint density at radius 1 is 0.920 bits per heavy atom. The maximum atomic E-state index is 12.0. The van der Waals surface area contributed by atoms with Gasteiger partial charge in [-0.25, -0.2) is 5.43 Å². The van der Waals surface area contributed by atoms with Gasteiger partial charge in [0, 0.05) is 9.13 Å². The average Bonchev–Trinajstić information content (AvgIpc) is 2.63. The average molecular weight is 442 g/mol. The molecule has 0 aliphatic carbocycles. The van der Waals surface area contributed by atoms with E-state index in [1.54, 1.807) is 18.3 Å². The van der Waals surface area contributed by atoms with Gasteiger partial charge >= 0.3 is 0 Å². The van der Waals surface area contributed by atoms with Gasteiger partial charge in [0.05, 0.1) is 6.21 Å². The van der Waals surface area contributed by atoms with E-state index >= 15 is 0 Å². The van der Waals surface area contributed by atoms with Gasteiger partial charge in [-0.3, -0.25) is 4.79 Å². The first-order chi connectivity index (χ1) is 12.2. The van der Waals surface area contributed by atoms with Gasteiger partial charge in [-0.1, -0.05) is 36.4 Å². The Labute approximate surface area is 159 Å². The lowest BCUT2D eigenvalue weighted by Gasteiger charge is -2.05. The minimum Gasteiger partial charge on any atom is -0.457 e. The first-order valence-electron chi connectivity index (χ1n) is 7.63. The van der Waals surface area contributed by atoms with Gasteiger partial charge in [-0.15, -0.1) is 0 Å². The molecule has 3 rings (SSSR count). The number of rotatable bonds is 5. The highest BCUT2D eigenvalue weighted by molar-refractivity contribution is 14.1. The Bertz CT molecular complexity index is 895. The Morgan fingerprint density at radius 3 is 2.48 bits per heavy atom. The van der Waals surface area contributed by atoms with Crippen molar-refractivity contribution in [3.05, 3.63) is 93.6 Å². The quantitative estimate of drug-likeness (QED) is 0.349. The molecule has 3 aromatic carbocycles. The van der Waals surface area contributed by atoms with Crippen molar-refractivity contribution < 1.29 is 9.53 Å². The molecule has 0 radical (unpaired) electrons. The van der Waals surface area contributed by atoms with E-state index in [1.165, 1.54) is 0 Å². The predicted molar refractivity (Wildman–Crippen MR) is 107 cm³/mol. The van der Waals surface area contributed by atoms with Crippen LogP contribution in [0.1, 0.15) is 15.9 Å². The van der Waals surface area contributed by atoms with Crippen molar-refractivity contribution >= 4 is 34.7 Å². The van der Waals surface area contributed by atoms with Crippen LogP contribution in [0.25, 0.3) is 0 Å². The lowest BCUT2D eigenvalue weighted by Crippen LogP contribution is -2.17. The molecule has 3 aromatic rings. The molecule has 0 saturated carbocycles. The van der Waals surface area contributed by atoms with E-state index in [-0.39, 0.29) is 5.91 Å². The van der Waals surface area contributed by atoms with Gasteiger partial charge in [0.2, 0.25) is 0 Å². The van der Waals surface area contributed by atoms with Gasteiger partial charge in [0.25, 0.3) is 5.91 Å². The minimum atomic E-state index is -0.244.